The quantitative estimate of drug-likeness (QED) is 0.686. The van der Waals surface area contributed by atoms with Gasteiger partial charge in [-0.2, -0.15) is 0 Å². The van der Waals surface area contributed by atoms with Crippen molar-refractivity contribution in [3.63, 3.8) is 0 Å². The summed E-state index contributed by atoms with van der Waals surface area (Å²) >= 11 is 0. The van der Waals surface area contributed by atoms with Gasteiger partial charge in [0.1, 0.15) is 0 Å². The zero-order valence-corrected chi connectivity index (χ0v) is 10.1. The minimum atomic E-state index is 0. The van der Waals surface area contributed by atoms with Crippen molar-refractivity contribution < 1.29 is 12.4 Å². The minimum Gasteiger partial charge on any atom is -1.00 e. The van der Waals surface area contributed by atoms with Gasteiger partial charge in [-0.05, 0) is 25.0 Å². The molecule has 1 nitrogen and oxygen atoms in total. The number of hydrogen-bond acceptors (Lipinski definition) is 1. The first kappa shape index (κ1) is 13.1. The predicted molar refractivity (Wildman–Crippen MR) is 63.6 cm³/mol. The molecule has 86 valence electrons. The maximum atomic E-state index is 3.48. The van der Waals surface area contributed by atoms with Crippen LogP contribution in [0.2, 0.25) is 0 Å². The summed E-state index contributed by atoms with van der Waals surface area (Å²) in [5, 5.41) is 3.48. The topological polar surface area (TPSA) is 12.0 Å². The molecule has 1 aromatic rings. The van der Waals surface area contributed by atoms with Crippen LogP contribution in [-0.4, -0.2) is 12.6 Å². The molecule has 0 atom stereocenters. The number of halogens is 1. The molecule has 0 spiro atoms. The standard InChI is InChI=1S/C14H17N.ClH/c1-2-7-13(8-3-1)9-6-12-15-14-10-4-5-11-14;/h1-3,7-8,14-15H,4-5,10-12H2;1H/p-1. The second kappa shape index (κ2) is 7.33. The molecular weight excluding hydrogens is 218 g/mol. The van der Waals surface area contributed by atoms with E-state index in [1.807, 2.05) is 30.3 Å². The van der Waals surface area contributed by atoms with Crippen LogP contribution in [0.4, 0.5) is 0 Å². The SMILES string of the molecule is C(#Cc1ccccc1)CNC1CCCC1.[Cl-]. The van der Waals surface area contributed by atoms with Gasteiger partial charge in [0, 0.05) is 11.6 Å². The Balaban J connectivity index is 0.00000128. The smallest absolute Gasteiger partial charge is 0.0582 e. The second-order valence-electron chi connectivity index (χ2n) is 4.03. The molecule has 1 aliphatic carbocycles. The molecule has 0 aliphatic heterocycles. The third-order valence-electron chi connectivity index (χ3n) is 2.84. The Morgan fingerprint density at radius 1 is 1.12 bits per heavy atom. The summed E-state index contributed by atoms with van der Waals surface area (Å²) < 4.78 is 0. The lowest BCUT2D eigenvalue weighted by Gasteiger charge is -2.07. The lowest BCUT2D eigenvalue weighted by Crippen LogP contribution is -3.00. The van der Waals surface area contributed by atoms with E-state index in [9.17, 15) is 0 Å². The molecular formula is C14H17ClN-. The van der Waals surface area contributed by atoms with E-state index in [4.69, 9.17) is 0 Å². The fourth-order valence-electron chi connectivity index (χ4n) is 1.99. The van der Waals surface area contributed by atoms with Crippen LogP contribution in [-0.2, 0) is 0 Å². The molecule has 2 heteroatoms. The van der Waals surface area contributed by atoms with Gasteiger partial charge in [-0.1, -0.05) is 42.9 Å². The molecule has 0 aromatic heterocycles. The van der Waals surface area contributed by atoms with Gasteiger partial charge in [0.2, 0.25) is 0 Å². The Bertz CT molecular complexity index is 344. The van der Waals surface area contributed by atoms with Gasteiger partial charge in [0.15, 0.2) is 0 Å². The summed E-state index contributed by atoms with van der Waals surface area (Å²) in [6.45, 7) is 0.819. The fourth-order valence-corrected chi connectivity index (χ4v) is 1.99. The molecule has 1 saturated carbocycles. The summed E-state index contributed by atoms with van der Waals surface area (Å²) in [5.41, 5.74) is 1.10. The molecule has 1 aromatic carbocycles. The second-order valence-corrected chi connectivity index (χ2v) is 4.03. The highest BCUT2D eigenvalue weighted by Crippen LogP contribution is 2.16. The molecule has 0 heterocycles. The van der Waals surface area contributed by atoms with E-state index in [0.717, 1.165) is 18.2 Å². The van der Waals surface area contributed by atoms with Crippen LogP contribution in [0.25, 0.3) is 0 Å². The molecule has 16 heavy (non-hydrogen) atoms. The first-order valence-corrected chi connectivity index (χ1v) is 5.72. The zero-order valence-electron chi connectivity index (χ0n) is 9.38. The van der Waals surface area contributed by atoms with Crippen molar-refractivity contribution in [2.75, 3.05) is 6.54 Å². The molecule has 0 radical (unpaired) electrons. The third kappa shape index (κ3) is 4.26. The van der Waals surface area contributed by atoms with Crippen LogP contribution >= 0.6 is 0 Å². The maximum Gasteiger partial charge on any atom is 0.0582 e. The Labute approximate surface area is 104 Å². The van der Waals surface area contributed by atoms with Crippen molar-refractivity contribution in [2.24, 2.45) is 0 Å². The van der Waals surface area contributed by atoms with Gasteiger partial charge >= 0.3 is 0 Å². The Morgan fingerprint density at radius 3 is 2.50 bits per heavy atom. The lowest BCUT2D eigenvalue weighted by atomic mass is 10.2. The van der Waals surface area contributed by atoms with E-state index in [-0.39, 0.29) is 12.4 Å². The highest BCUT2D eigenvalue weighted by molar-refractivity contribution is 5.33. The molecule has 0 bridgehead atoms. The highest BCUT2D eigenvalue weighted by atomic mass is 35.5. The molecule has 1 fully saturated rings. The Hall–Kier alpha value is -0.970. The van der Waals surface area contributed by atoms with E-state index >= 15 is 0 Å². The zero-order chi connectivity index (χ0) is 10.3. The highest BCUT2D eigenvalue weighted by Gasteiger charge is 2.12. The number of nitrogens with one attached hydrogen (secondary N) is 1. The molecule has 1 aliphatic rings. The number of hydrogen-bond donors (Lipinski definition) is 1. The van der Waals surface area contributed by atoms with Crippen LogP contribution < -0.4 is 17.7 Å². The summed E-state index contributed by atoms with van der Waals surface area (Å²) in [6, 6.07) is 10.9. The van der Waals surface area contributed by atoms with Crippen molar-refractivity contribution in [3.8, 4) is 11.8 Å². The van der Waals surface area contributed by atoms with Crippen LogP contribution in [0.1, 0.15) is 31.2 Å². The molecule has 0 saturated heterocycles. The normalized spacial score (nSPS) is 15.0. The van der Waals surface area contributed by atoms with Crippen LogP contribution in [0, 0.1) is 11.8 Å². The molecule has 0 amide bonds. The third-order valence-corrected chi connectivity index (χ3v) is 2.84. The van der Waals surface area contributed by atoms with Crippen LogP contribution in [0.5, 0.6) is 0 Å². The van der Waals surface area contributed by atoms with Crippen molar-refractivity contribution in [1.82, 2.24) is 5.32 Å². The molecule has 0 unspecified atom stereocenters. The summed E-state index contributed by atoms with van der Waals surface area (Å²) in [5.74, 6) is 6.32. The van der Waals surface area contributed by atoms with E-state index < -0.39 is 0 Å². The average Bonchev–Trinajstić information content (AvgIpc) is 2.79. The van der Waals surface area contributed by atoms with Gasteiger partial charge in [-0.25, -0.2) is 0 Å². The van der Waals surface area contributed by atoms with E-state index in [1.54, 1.807) is 0 Å². The van der Waals surface area contributed by atoms with Gasteiger partial charge in [0.05, 0.1) is 6.54 Å². The van der Waals surface area contributed by atoms with Crippen molar-refractivity contribution in [1.29, 1.82) is 0 Å². The van der Waals surface area contributed by atoms with E-state index in [1.165, 1.54) is 25.7 Å². The van der Waals surface area contributed by atoms with Crippen molar-refractivity contribution in [3.05, 3.63) is 35.9 Å². The predicted octanol–water partition coefficient (Wildman–Crippen LogP) is -0.426. The molecule has 1 N–H and O–H groups in total. The van der Waals surface area contributed by atoms with Gasteiger partial charge in [-0.3, -0.25) is 0 Å². The Morgan fingerprint density at radius 2 is 1.81 bits per heavy atom. The molecule has 2 rings (SSSR count). The van der Waals surface area contributed by atoms with Crippen molar-refractivity contribution >= 4 is 0 Å². The Kier molecular flexibility index (Phi) is 6.00. The summed E-state index contributed by atoms with van der Waals surface area (Å²) in [6.07, 6.45) is 5.41. The minimum absolute atomic E-state index is 0. The summed E-state index contributed by atoms with van der Waals surface area (Å²) in [4.78, 5) is 0. The van der Waals surface area contributed by atoms with Crippen molar-refractivity contribution in [2.45, 2.75) is 31.7 Å². The largest absolute Gasteiger partial charge is 1.00 e. The number of benzene rings is 1. The average molecular weight is 235 g/mol. The first-order chi connectivity index (χ1) is 7.45. The van der Waals surface area contributed by atoms with E-state index in [0.29, 0.717) is 0 Å². The summed E-state index contributed by atoms with van der Waals surface area (Å²) in [7, 11) is 0. The lowest BCUT2D eigenvalue weighted by molar-refractivity contribution is -0.00000311. The monoisotopic (exact) mass is 234 g/mol. The fraction of sp³-hybridized carbons (Fsp3) is 0.429. The van der Waals surface area contributed by atoms with Gasteiger partial charge in [-0.15, -0.1) is 0 Å². The van der Waals surface area contributed by atoms with Crippen LogP contribution in [0.15, 0.2) is 30.3 Å². The van der Waals surface area contributed by atoms with Gasteiger partial charge in [0.25, 0.3) is 0 Å². The van der Waals surface area contributed by atoms with Crippen LogP contribution in [0.3, 0.4) is 0 Å². The maximum absolute atomic E-state index is 3.48. The first-order valence-electron chi connectivity index (χ1n) is 5.72. The van der Waals surface area contributed by atoms with E-state index in [2.05, 4.69) is 17.2 Å². The van der Waals surface area contributed by atoms with Gasteiger partial charge < -0.3 is 17.7 Å². The number of rotatable bonds is 2.